The van der Waals surface area contributed by atoms with Gasteiger partial charge < -0.3 is 20.5 Å². The van der Waals surface area contributed by atoms with Crippen LogP contribution in [0.2, 0.25) is 0 Å². The number of para-hydroxylation sites is 1. The fraction of sp³-hybridized carbons (Fsp3) is 0.455. The molecule has 0 radical (unpaired) electrons. The molecule has 96 valence electrons. The van der Waals surface area contributed by atoms with Crippen LogP contribution in [0, 0.1) is 0 Å². The SMILES string of the molecule is COc1cccc(N(CCO)CC(F)F)c1N. The lowest BCUT2D eigenvalue weighted by molar-refractivity contribution is 0.153. The Morgan fingerprint density at radius 3 is 2.71 bits per heavy atom. The van der Waals surface area contributed by atoms with Gasteiger partial charge in [-0.2, -0.15) is 0 Å². The van der Waals surface area contributed by atoms with Crippen molar-refractivity contribution in [3.63, 3.8) is 0 Å². The van der Waals surface area contributed by atoms with E-state index >= 15 is 0 Å². The van der Waals surface area contributed by atoms with Gasteiger partial charge in [0.15, 0.2) is 0 Å². The highest BCUT2D eigenvalue weighted by Gasteiger charge is 2.16. The molecule has 0 saturated carbocycles. The van der Waals surface area contributed by atoms with E-state index in [9.17, 15) is 8.78 Å². The summed E-state index contributed by atoms with van der Waals surface area (Å²) in [5.41, 5.74) is 6.55. The predicted octanol–water partition coefficient (Wildman–Crippen LogP) is 1.34. The largest absolute Gasteiger partial charge is 0.495 e. The molecule has 0 aliphatic carbocycles. The summed E-state index contributed by atoms with van der Waals surface area (Å²) >= 11 is 0. The molecule has 17 heavy (non-hydrogen) atoms. The number of methoxy groups -OCH3 is 1. The maximum atomic E-state index is 12.4. The van der Waals surface area contributed by atoms with Crippen molar-refractivity contribution < 1.29 is 18.6 Å². The van der Waals surface area contributed by atoms with Gasteiger partial charge in [-0.1, -0.05) is 6.07 Å². The standard InChI is InChI=1S/C11H16F2N2O2/c1-17-9-4-2-3-8(11(9)14)15(5-6-16)7-10(12)13/h2-4,10,16H,5-7,14H2,1H3. The van der Waals surface area contributed by atoms with Gasteiger partial charge in [0.1, 0.15) is 5.75 Å². The maximum absolute atomic E-state index is 12.4. The topological polar surface area (TPSA) is 58.7 Å². The van der Waals surface area contributed by atoms with Crippen molar-refractivity contribution in [3.05, 3.63) is 18.2 Å². The van der Waals surface area contributed by atoms with Gasteiger partial charge in [-0.25, -0.2) is 8.78 Å². The van der Waals surface area contributed by atoms with Gasteiger partial charge in [-0.15, -0.1) is 0 Å². The third-order valence-electron chi connectivity index (χ3n) is 2.33. The molecule has 3 N–H and O–H groups in total. The normalized spacial score (nSPS) is 10.6. The van der Waals surface area contributed by atoms with E-state index in [0.29, 0.717) is 17.1 Å². The van der Waals surface area contributed by atoms with E-state index in [2.05, 4.69) is 0 Å². The average Bonchev–Trinajstić information content (AvgIpc) is 2.28. The number of anilines is 2. The Hall–Kier alpha value is -1.56. The van der Waals surface area contributed by atoms with Crippen molar-refractivity contribution in [2.45, 2.75) is 6.43 Å². The first-order valence-electron chi connectivity index (χ1n) is 5.16. The summed E-state index contributed by atoms with van der Waals surface area (Å²) in [6.45, 7) is -0.594. The molecule has 0 spiro atoms. The molecule has 4 nitrogen and oxygen atoms in total. The van der Waals surface area contributed by atoms with Gasteiger partial charge in [0.05, 0.1) is 31.6 Å². The average molecular weight is 246 g/mol. The maximum Gasteiger partial charge on any atom is 0.255 e. The van der Waals surface area contributed by atoms with Crippen LogP contribution in [0.4, 0.5) is 20.2 Å². The smallest absolute Gasteiger partial charge is 0.255 e. The quantitative estimate of drug-likeness (QED) is 0.744. The van der Waals surface area contributed by atoms with Crippen molar-refractivity contribution in [2.75, 3.05) is 37.4 Å². The van der Waals surface area contributed by atoms with Crippen molar-refractivity contribution in [1.82, 2.24) is 0 Å². The fourth-order valence-corrected chi connectivity index (χ4v) is 1.58. The first-order valence-corrected chi connectivity index (χ1v) is 5.16. The first kappa shape index (κ1) is 13.5. The molecule has 1 aromatic rings. The van der Waals surface area contributed by atoms with Crippen molar-refractivity contribution in [1.29, 1.82) is 0 Å². The van der Waals surface area contributed by atoms with Gasteiger partial charge >= 0.3 is 0 Å². The number of ether oxygens (including phenoxy) is 1. The number of halogens is 2. The van der Waals surface area contributed by atoms with E-state index in [-0.39, 0.29) is 13.2 Å². The van der Waals surface area contributed by atoms with Crippen LogP contribution in [-0.4, -0.2) is 38.3 Å². The molecule has 0 saturated heterocycles. The Kier molecular flexibility index (Phi) is 4.96. The molecule has 1 aromatic carbocycles. The van der Waals surface area contributed by atoms with E-state index in [1.807, 2.05) is 0 Å². The highest BCUT2D eigenvalue weighted by atomic mass is 19.3. The van der Waals surface area contributed by atoms with Crippen LogP contribution in [0.5, 0.6) is 5.75 Å². The monoisotopic (exact) mass is 246 g/mol. The van der Waals surface area contributed by atoms with Crippen LogP contribution < -0.4 is 15.4 Å². The van der Waals surface area contributed by atoms with Crippen LogP contribution in [-0.2, 0) is 0 Å². The third kappa shape index (κ3) is 3.45. The van der Waals surface area contributed by atoms with Crippen LogP contribution in [0.3, 0.4) is 0 Å². The van der Waals surface area contributed by atoms with E-state index in [1.54, 1.807) is 18.2 Å². The van der Waals surface area contributed by atoms with E-state index in [1.165, 1.54) is 12.0 Å². The Morgan fingerprint density at radius 1 is 1.47 bits per heavy atom. The minimum Gasteiger partial charge on any atom is -0.495 e. The Labute approximate surface area is 98.6 Å². The van der Waals surface area contributed by atoms with Gasteiger partial charge in [0.25, 0.3) is 6.43 Å². The number of benzene rings is 1. The Balaban J connectivity index is 3.00. The second kappa shape index (κ2) is 6.24. The number of aliphatic hydroxyl groups is 1. The molecular weight excluding hydrogens is 230 g/mol. The molecule has 0 aliphatic heterocycles. The number of hydrogen-bond acceptors (Lipinski definition) is 4. The van der Waals surface area contributed by atoms with Gasteiger partial charge in [-0.05, 0) is 12.1 Å². The molecule has 0 heterocycles. The highest BCUT2D eigenvalue weighted by molar-refractivity contribution is 5.74. The van der Waals surface area contributed by atoms with Crippen molar-refractivity contribution >= 4 is 11.4 Å². The lowest BCUT2D eigenvalue weighted by Gasteiger charge is -2.25. The first-order chi connectivity index (χ1) is 8.10. The zero-order valence-electron chi connectivity index (χ0n) is 9.57. The third-order valence-corrected chi connectivity index (χ3v) is 2.33. The molecule has 0 unspecified atom stereocenters. The van der Waals surface area contributed by atoms with Crippen LogP contribution in [0.1, 0.15) is 0 Å². The van der Waals surface area contributed by atoms with Gasteiger partial charge in [0.2, 0.25) is 0 Å². The summed E-state index contributed by atoms with van der Waals surface area (Å²) in [5, 5.41) is 8.87. The summed E-state index contributed by atoms with van der Waals surface area (Å²) in [7, 11) is 1.46. The minimum absolute atomic E-state index is 0.0989. The van der Waals surface area contributed by atoms with Crippen LogP contribution >= 0.6 is 0 Å². The Bertz CT molecular complexity index is 361. The molecule has 0 aliphatic rings. The number of nitrogens with two attached hydrogens (primary N) is 1. The molecular formula is C11H16F2N2O2. The minimum atomic E-state index is -2.49. The van der Waals surface area contributed by atoms with Gasteiger partial charge in [-0.3, -0.25) is 0 Å². The van der Waals surface area contributed by atoms with E-state index in [0.717, 1.165) is 0 Å². The molecule has 0 aromatic heterocycles. The van der Waals surface area contributed by atoms with Crippen molar-refractivity contribution in [3.8, 4) is 5.75 Å². The second-order valence-electron chi connectivity index (χ2n) is 3.45. The molecule has 1 rings (SSSR count). The zero-order chi connectivity index (χ0) is 12.8. The molecule has 0 atom stereocenters. The fourth-order valence-electron chi connectivity index (χ4n) is 1.58. The lowest BCUT2D eigenvalue weighted by atomic mass is 10.2. The van der Waals surface area contributed by atoms with Crippen LogP contribution in [0.25, 0.3) is 0 Å². The lowest BCUT2D eigenvalue weighted by Crippen LogP contribution is -2.32. The summed E-state index contributed by atoms with van der Waals surface area (Å²) in [6, 6.07) is 4.94. The molecule has 0 amide bonds. The number of aliphatic hydroxyl groups excluding tert-OH is 1. The van der Waals surface area contributed by atoms with Crippen molar-refractivity contribution in [2.24, 2.45) is 0 Å². The highest BCUT2D eigenvalue weighted by Crippen LogP contribution is 2.32. The van der Waals surface area contributed by atoms with Crippen LogP contribution in [0.15, 0.2) is 18.2 Å². The zero-order valence-corrected chi connectivity index (χ0v) is 9.57. The number of nitrogen functional groups attached to an aromatic ring is 1. The summed E-state index contributed by atoms with van der Waals surface area (Å²) < 4.78 is 29.8. The van der Waals surface area contributed by atoms with Gasteiger partial charge in [0, 0.05) is 6.54 Å². The summed E-state index contributed by atoms with van der Waals surface area (Å²) in [6.07, 6.45) is -2.49. The molecule has 0 fully saturated rings. The number of hydrogen-bond donors (Lipinski definition) is 2. The number of rotatable bonds is 6. The van der Waals surface area contributed by atoms with E-state index in [4.69, 9.17) is 15.6 Å². The molecule has 0 bridgehead atoms. The van der Waals surface area contributed by atoms with E-state index < -0.39 is 13.0 Å². The molecule has 6 heteroatoms. The summed E-state index contributed by atoms with van der Waals surface area (Å²) in [4.78, 5) is 1.34. The summed E-state index contributed by atoms with van der Waals surface area (Å²) in [5.74, 6) is 0.430. The number of nitrogens with zero attached hydrogens (tertiary/aromatic N) is 1. The number of alkyl halides is 2. The Morgan fingerprint density at radius 2 is 2.18 bits per heavy atom. The predicted molar refractivity (Wildman–Crippen MR) is 62.7 cm³/mol. The second-order valence-corrected chi connectivity index (χ2v) is 3.45.